The molecule has 1 N–H and O–H groups in total. The van der Waals surface area contributed by atoms with Crippen molar-refractivity contribution < 1.29 is 4.39 Å². The second-order valence-electron chi connectivity index (χ2n) is 6.12. The minimum Gasteiger partial charge on any atom is -0.310 e. The van der Waals surface area contributed by atoms with E-state index in [4.69, 9.17) is 0 Å². The molecular formula is C18H28FN. The molecule has 2 heteroatoms. The first-order valence-electron chi connectivity index (χ1n) is 8.29. The molecule has 0 aliphatic heterocycles. The zero-order valence-corrected chi connectivity index (χ0v) is 12.7. The molecule has 0 amide bonds. The van der Waals surface area contributed by atoms with Crippen LogP contribution in [0, 0.1) is 11.7 Å². The van der Waals surface area contributed by atoms with Crippen LogP contribution >= 0.6 is 0 Å². The van der Waals surface area contributed by atoms with Crippen LogP contribution in [-0.2, 0) is 0 Å². The number of hydrogen-bond acceptors (Lipinski definition) is 1. The van der Waals surface area contributed by atoms with Crippen LogP contribution in [-0.4, -0.2) is 6.54 Å². The second kappa shape index (κ2) is 8.41. The summed E-state index contributed by atoms with van der Waals surface area (Å²) in [6.45, 7) is 3.13. The zero-order chi connectivity index (χ0) is 14.2. The van der Waals surface area contributed by atoms with E-state index in [0.29, 0.717) is 0 Å². The van der Waals surface area contributed by atoms with Crippen molar-refractivity contribution in [2.24, 2.45) is 5.92 Å². The van der Waals surface area contributed by atoms with Crippen molar-refractivity contribution in [2.75, 3.05) is 6.54 Å². The lowest BCUT2D eigenvalue weighted by atomic mass is 9.89. The number of benzene rings is 1. The molecule has 1 aliphatic rings. The molecule has 1 unspecified atom stereocenters. The molecule has 112 valence electrons. The Hall–Kier alpha value is -0.890. The van der Waals surface area contributed by atoms with Gasteiger partial charge in [0, 0.05) is 11.6 Å². The van der Waals surface area contributed by atoms with Crippen LogP contribution in [0.2, 0.25) is 0 Å². The highest BCUT2D eigenvalue weighted by Crippen LogP contribution is 2.31. The van der Waals surface area contributed by atoms with Gasteiger partial charge < -0.3 is 5.32 Å². The van der Waals surface area contributed by atoms with E-state index < -0.39 is 0 Å². The summed E-state index contributed by atoms with van der Waals surface area (Å²) in [7, 11) is 0. The molecule has 1 aromatic carbocycles. The molecule has 1 saturated carbocycles. The molecule has 1 aromatic rings. The summed E-state index contributed by atoms with van der Waals surface area (Å²) in [5.41, 5.74) is 0.852. The van der Waals surface area contributed by atoms with Gasteiger partial charge in [0.05, 0.1) is 0 Å². The smallest absolute Gasteiger partial charge is 0.127 e. The van der Waals surface area contributed by atoms with Crippen molar-refractivity contribution in [2.45, 2.75) is 64.3 Å². The molecule has 1 nitrogen and oxygen atoms in total. The van der Waals surface area contributed by atoms with Crippen molar-refractivity contribution in [1.29, 1.82) is 0 Å². The van der Waals surface area contributed by atoms with Crippen molar-refractivity contribution in [3.63, 3.8) is 0 Å². The first-order chi connectivity index (χ1) is 9.81. The quantitative estimate of drug-likeness (QED) is 0.702. The van der Waals surface area contributed by atoms with Gasteiger partial charge in [0.15, 0.2) is 0 Å². The maximum Gasteiger partial charge on any atom is 0.127 e. The maximum absolute atomic E-state index is 14.1. The Morgan fingerprint density at radius 1 is 1.15 bits per heavy atom. The summed E-state index contributed by atoms with van der Waals surface area (Å²) in [5, 5.41) is 3.55. The molecule has 1 atom stereocenters. The Bertz CT molecular complexity index is 383. The topological polar surface area (TPSA) is 12.0 Å². The summed E-state index contributed by atoms with van der Waals surface area (Å²) in [4.78, 5) is 0. The molecule has 20 heavy (non-hydrogen) atoms. The number of halogens is 1. The third-order valence-electron chi connectivity index (χ3n) is 4.47. The second-order valence-corrected chi connectivity index (χ2v) is 6.12. The fourth-order valence-electron chi connectivity index (χ4n) is 3.33. The highest BCUT2D eigenvalue weighted by atomic mass is 19.1. The van der Waals surface area contributed by atoms with Crippen molar-refractivity contribution >= 4 is 0 Å². The van der Waals surface area contributed by atoms with Gasteiger partial charge in [0.2, 0.25) is 0 Å². The Labute approximate surface area is 123 Å². The Morgan fingerprint density at radius 2 is 1.85 bits per heavy atom. The SMILES string of the molecule is CCCNC(CC1CCCCCC1)c1ccccc1F. The van der Waals surface area contributed by atoms with Gasteiger partial charge in [-0.25, -0.2) is 4.39 Å². The number of rotatable bonds is 6. The largest absolute Gasteiger partial charge is 0.310 e. The lowest BCUT2D eigenvalue weighted by Gasteiger charge is -2.24. The predicted molar refractivity (Wildman–Crippen MR) is 83.2 cm³/mol. The average molecular weight is 277 g/mol. The van der Waals surface area contributed by atoms with E-state index in [0.717, 1.165) is 30.9 Å². The molecule has 1 aliphatic carbocycles. The minimum atomic E-state index is -0.0604. The first-order valence-corrected chi connectivity index (χ1v) is 8.29. The van der Waals surface area contributed by atoms with Gasteiger partial charge in [-0.05, 0) is 31.4 Å². The first kappa shape index (κ1) is 15.5. The van der Waals surface area contributed by atoms with E-state index >= 15 is 0 Å². The molecule has 1 fully saturated rings. The van der Waals surface area contributed by atoms with Gasteiger partial charge in [0.1, 0.15) is 5.82 Å². The summed E-state index contributed by atoms with van der Waals surface area (Å²) >= 11 is 0. The summed E-state index contributed by atoms with van der Waals surface area (Å²) in [6.07, 6.45) is 10.3. The van der Waals surface area contributed by atoms with E-state index in [1.54, 1.807) is 12.1 Å². The summed E-state index contributed by atoms with van der Waals surface area (Å²) in [6, 6.07) is 7.44. The van der Waals surface area contributed by atoms with Crippen molar-refractivity contribution in [3.8, 4) is 0 Å². The zero-order valence-electron chi connectivity index (χ0n) is 12.7. The van der Waals surface area contributed by atoms with Crippen LogP contribution in [0.3, 0.4) is 0 Å². The molecule has 0 spiro atoms. The highest BCUT2D eigenvalue weighted by molar-refractivity contribution is 5.21. The van der Waals surface area contributed by atoms with E-state index in [1.165, 1.54) is 38.5 Å². The number of nitrogens with one attached hydrogen (secondary N) is 1. The standard InChI is InChI=1S/C18H28FN/c1-2-13-20-18(16-11-7-8-12-17(16)19)14-15-9-5-3-4-6-10-15/h7-8,11-12,15,18,20H,2-6,9-10,13-14H2,1H3. The summed E-state index contributed by atoms with van der Waals surface area (Å²) < 4.78 is 14.1. The van der Waals surface area contributed by atoms with Crippen LogP contribution in [0.4, 0.5) is 4.39 Å². The molecule has 0 bridgehead atoms. The Kier molecular flexibility index (Phi) is 6.52. The van der Waals surface area contributed by atoms with Gasteiger partial charge in [0.25, 0.3) is 0 Å². The molecular weight excluding hydrogens is 249 g/mol. The molecule has 0 heterocycles. The van der Waals surface area contributed by atoms with Crippen LogP contribution in [0.25, 0.3) is 0 Å². The maximum atomic E-state index is 14.1. The molecule has 0 radical (unpaired) electrons. The number of hydrogen-bond donors (Lipinski definition) is 1. The van der Waals surface area contributed by atoms with Gasteiger partial charge >= 0.3 is 0 Å². The van der Waals surface area contributed by atoms with Gasteiger partial charge in [-0.15, -0.1) is 0 Å². The lowest BCUT2D eigenvalue weighted by molar-refractivity contribution is 0.350. The minimum absolute atomic E-state index is 0.0604. The van der Waals surface area contributed by atoms with Crippen molar-refractivity contribution in [1.82, 2.24) is 5.32 Å². The third kappa shape index (κ3) is 4.59. The average Bonchev–Trinajstić information content (AvgIpc) is 2.73. The van der Waals surface area contributed by atoms with E-state index in [2.05, 4.69) is 12.2 Å². The van der Waals surface area contributed by atoms with Crippen molar-refractivity contribution in [3.05, 3.63) is 35.6 Å². The normalized spacial score (nSPS) is 18.7. The Balaban J connectivity index is 2.04. The predicted octanol–water partition coefficient (Wildman–Crippen LogP) is 5.23. The summed E-state index contributed by atoms with van der Waals surface area (Å²) in [5.74, 6) is 0.696. The van der Waals surface area contributed by atoms with Crippen LogP contribution in [0.5, 0.6) is 0 Å². The molecule has 2 rings (SSSR count). The third-order valence-corrected chi connectivity index (χ3v) is 4.47. The molecule has 0 saturated heterocycles. The van der Waals surface area contributed by atoms with Crippen LogP contribution in [0.15, 0.2) is 24.3 Å². The lowest BCUT2D eigenvalue weighted by Crippen LogP contribution is -2.25. The van der Waals surface area contributed by atoms with E-state index in [1.807, 2.05) is 12.1 Å². The van der Waals surface area contributed by atoms with E-state index in [9.17, 15) is 4.39 Å². The fraction of sp³-hybridized carbons (Fsp3) is 0.667. The van der Waals surface area contributed by atoms with Crippen LogP contribution in [0.1, 0.15) is 69.9 Å². The van der Waals surface area contributed by atoms with Gasteiger partial charge in [-0.1, -0.05) is 63.6 Å². The van der Waals surface area contributed by atoms with Gasteiger partial charge in [-0.2, -0.15) is 0 Å². The fourth-order valence-corrected chi connectivity index (χ4v) is 3.33. The monoisotopic (exact) mass is 277 g/mol. The van der Waals surface area contributed by atoms with Gasteiger partial charge in [-0.3, -0.25) is 0 Å². The van der Waals surface area contributed by atoms with Crippen LogP contribution < -0.4 is 5.32 Å². The van der Waals surface area contributed by atoms with E-state index in [-0.39, 0.29) is 11.9 Å². The highest BCUT2D eigenvalue weighted by Gasteiger charge is 2.21. The molecule has 0 aromatic heterocycles. The Morgan fingerprint density at radius 3 is 2.50 bits per heavy atom.